The number of thiazole rings is 1. The van der Waals surface area contributed by atoms with Crippen LogP contribution in [-0.2, 0) is 15.3 Å². The number of ether oxygens (including phenoxy) is 1. The van der Waals surface area contributed by atoms with Crippen LogP contribution < -0.4 is 0 Å². The van der Waals surface area contributed by atoms with Crippen molar-refractivity contribution in [2.75, 3.05) is 12.9 Å². The number of esters is 1. The van der Waals surface area contributed by atoms with Gasteiger partial charge in [0.2, 0.25) is 0 Å². The summed E-state index contributed by atoms with van der Waals surface area (Å²) in [4.78, 5) is 16.7. The predicted molar refractivity (Wildman–Crippen MR) is 70.4 cm³/mol. The number of rotatable bonds is 5. The predicted octanol–water partition coefficient (Wildman–Crippen LogP) is 2.44. The molecule has 0 aliphatic rings. The van der Waals surface area contributed by atoms with E-state index in [1.165, 1.54) is 7.11 Å². The number of fused-ring (bicyclic) bond motifs is 1. The first-order valence-electron chi connectivity index (χ1n) is 5.27. The number of imidazole rings is 1. The molecule has 2 aromatic heterocycles. The van der Waals surface area contributed by atoms with E-state index in [1.807, 2.05) is 29.1 Å². The molecule has 4 nitrogen and oxygen atoms in total. The smallest absolute Gasteiger partial charge is 0.309 e. The summed E-state index contributed by atoms with van der Waals surface area (Å²) in [7, 11) is 1.42. The summed E-state index contributed by atoms with van der Waals surface area (Å²) < 4.78 is 6.70. The molecule has 0 aliphatic carbocycles. The fourth-order valence-corrected chi connectivity index (χ4v) is 3.13. The minimum Gasteiger partial charge on any atom is -0.469 e. The van der Waals surface area contributed by atoms with Crippen molar-refractivity contribution in [3.63, 3.8) is 0 Å². The first-order valence-corrected chi connectivity index (χ1v) is 7.31. The zero-order valence-corrected chi connectivity index (χ0v) is 11.4. The maximum Gasteiger partial charge on any atom is 0.309 e. The molecule has 2 aromatic rings. The number of methoxy groups -OCH3 is 1. The summed E-state index contributed by atoms with van der Waals surface area (Å²) >= 11 is 3.33. The minimum atomic E-state index is -0.150. The number of carbonyl (C=O) groups excluding carboxylic acids is 1. The van der Waals surface area contributed by atoms with Crippen LogP contribution >= 0.6 is 23.1 Å². The lowest BCUT2D eigenvalue weighted by molar-refractivity contribution is -0.143. The Labute approximate surface area is 108 Å². The summed E-state index contributed by atoms with van der Waals surface area (Å²) in [5.74, 6) is 1.38. The van der Waals surface area contributed by atoms with Crippen LogP contribution in [-0.4, -0.2) is 28.2 Å². The third-order valence-electron chi connectivity index (χ3n) is 2.36. The van der Waals surface area contributed by atoms with Crippen molar-refractivity contribution in [2.24, 2.45) is 5.92 Å². The molecule has 1 atom stereocenters. The van der Waals surface area contributed by atoms with Crippen molar-refractivity contribution in [3.8, 4) is 0 Å². The normalized spacial score (nSPS) is 12.8. The van der Waals surface area contributed by atoms with Crippen molar-refractivity contribution in [2.45, 2.75) is 12.7 Å². The van der Waals surface area contributed by atoms with Gasteiger partial charge in [-0.05, 0) is 0 Å². The van der Waals surface area contributed by atoms with Gasteiger partial charge < -0.3 is 4.74 Å². The van der Waals surface area contributed by atoms with Gasteiger partial charge in [-0.2, -0.15) is 11.8 Å². The van der Waals surface area contributed by atoms with Gasteiger partial charge in [-0.1, -0.05) is 6.92 Å². The van der Waals surface area contributed by atoms with E-state index in [9.17, 15) is 4.79 Å². The molecule has 2 heterocycles. The Morgan fingerprint density at radius 2 is 2.53 bits per heavy atom. The summed E-state index contributed by atoms with van der Waals surface area (Å²) in [6, 6.07) is 0. The maximum absolute atomic E-state index is 11.2. The maximum atomic E-state index is 11.2. The number of hydrogen-bond donors (Lipinski definition) is 0. The van der Waals surface area contributed by atoms with Crippen LogP contribution in [0.2, 0.25) is 0 Å². The second kappa shape index (κ2) is 5.55. The lowest BCUT2D eigenvalue weighted by Crippen LogP contribution is -2.14. The minimum absolute atomic E-state index is 0.0614. The number of nitrogens with zero attached hydrogens (tertiary/aromatic N) is 2. The molecule has 0 bridgehead atoms. The van der Waals surface area contributed by atoms with Gasteiger partial charge in [0.1, 0.15) is 0 Å². The highest BCUT2D eigenvalue weighted by Gasteiger charge is 2.13. The van der Waals surface area contributed by atoms with Crippen LogP contribution in [0.25, 0.3) is 4.96 Å². The average molecular weight is 270 g/mol. The molecule has 0 spiro atoms. The Bertz CT molecular complexity index is 478. The molecule has 0 amide bonds. The van der Waals surface area contributed by atoms with Crippen LogP contribution in [0, 0.1) is 5.92 Å². The molecule has 0 saturated carbocycles. The Balaban J connectivity index is 1.82. The van der Waals surface area contributed by atoms with Crippen molar-refractivity contribution >= 4 is 34.0 Å². The van der Waals surface area contributed by atoms with Crippen molar-refractivity contribution in [1.82, 2.24) is 9.38 Å². The molecule has 0 radical (unpaired) electrons. The van der Waals surface area contributed by atoms with Crippen molar-refractivity contribution < 1.29 is 9.53 Å². The van der Waals surface area contributed by atoms with E-state index in [0.717, 1.165) is 22.2 Å². The second-order valence-corrected chi connectivity index (χ2v) is 5.67. The molecule has 0 aromatic carbocycles. The highest BCUT2D eigenvalue weighted by molar-refractivity contribution is 7.98. The monoisotopic (exact) mass is 270 g/mol. The van der Waals surface area contributed by atoms with Gasteiger partial charge in [0.05, 0.1) is 18.7 Å². The molecule has 17 heavy (non-hydrogen) atoms. The number of aromatic nitrogens is 2. The van der Waals surface area contributed by atoms with Crippen molar-refractivity contribution in [1.29, 1.82) is 0 Å². The molecular formula is C11H14N2O2S2. The topological polar surface area (TPSA) is 43.6 Å². The number of hydrogen-bond acceptors (Lipinski definition) is 5. The standard InChI is InChI=1S/C11H14N2O2S2/c1-8(10(14)15-2)6-16-7-9-5-13-3-4-17-11(13)12-9/h3-5,8H,6-7H2,1-2H3. The number of thioether (sulfide) groups is 1. The Hall–Kier alpha value is -1.01. The molecule has 0 fully saturated rings. The molecule has 0 N–H and O–H groups in total. The van der Waals surface area contributed by atoms with E-state index in [1.54, 1.807) is 23.1 Å². The van der Waals surface area contributed by atoms with Gasteiger partial charge >= 0.3 is 5.97 Å². The summed E-state index contributed by atoms with van der Waals surface area (Å²) in [5, 5.41) is 2.01. The summed E-state index contributed by atoms with van der Waals surface area (Å²) in [6.07, 6.45) is 4.03. The van der Waals surface area contributed by atoms with Gasteiger partial charge in [0.25, 0.3) is 0 Å². The van der Waals surface area contributed by atoms with E-state index in [4.69, 9.17) is 0 Å². The van der Waals surface area contributed by atoms with Crippen LogP contribution in [0.5, 0.6) is 0 Å². The van der Waals surface area contributed by atoms with E-state index < -0.39 is 0 Å². The molecule has 0 aliphatic heterocycles. The molecule has 92 valence electrons. The lowest BCUT2D eigenvalue weighted by Gasteiger charge is -2.07. The molecule has 1 unspecified atom stereocenters. The van der Waals surface area contributed by atoms with E-state index in [2.05, 4.69) is 9.72 Å². The highest BCUT2D eigenvalue weighted by Crippen LogP contribution is 2.18. The summed E-state index contributed by atoms with van der Waals surface area (Å²) in [6.45, 7) is 1.88. The largest absolute Gasteiger partial charge is 0.469 e. The van der Waals surface area contributed by atoms with Crippen LogP contribution in [0.1, 0.15) is 12.6 Å². The molecule has 0 saturated heterocycles. The molecule has 6 heteroatoms. The summed E-state index contributed by atoms with van der Waals surface area (Å²) in [5.41, 5.74) is 1.05. The first-order chi connectivity index (χ1) is 8.20. The fourth-order valence-electron chi connectivity index (χ4n) is 1.46. The van der Waals surface area contributed by atoms with Crippen LogP contribution in [0.15, 0.2) is 17.8 Å². The van der Waals surface area contributed by atoms with Gasteiger partial charge in [-0.15, -0.1) is 11.3 Å². The zero-order chi connectivity index (χ0) is 12.3. The van der Waals surface area contributed by atoms with Gasteiger partial charge in [0, 0.05) is 29.3 Å². The third-order valence-corrected chi connectivity index (χ3v) is 4.37. The van der Waals surface area contributed by atoms with Gasteiger partial charge in [0.15, 0.2) is 4.96 Å². The van der Waals surface area contributed by atoms with Crippen LogP contribution in [0.3, 0.4) is 0 Å². The van der Waals surface area contributed by atoms with Gasteiger partial charge in [-0.25, -0.2) is 4.98 Å². The molecular weight excluding hydrogens is 256 g/mol. The van der Waals surface area contributed by atoms with E-state index in [0.29, 0.717) is 0 Å². The Kier molecular flexibility index (Phi) is 4.06. The highest BCUT2D eigenvalue weighted by atomic mass is 32.2. The second-order valence-electron chi connectivity index (χ2n) is 3.76. The van der Waals surface area contributed by atoms with E-state index in [-0.39, 0.29) is 11.9 Å². The zero-order valence-electron chi connectivity index (χ0n) is 9.75. The third kappa shape index (κ3) is 3.01. The van der Waals surface area contributed by atoms with Gasteiger partial charge in [-0.3, -0.25) is 9.20 Å². The average Bonchev–Trinajstić information content (AvgIpc) is 2.88. The SMILES string of the molecule is COC(=O)C(C)CSCc1cn2ccsc2n1. The molecule has 2 rings (SSSR count). The Morgan fingerprint density at radius 1 is 1.71 bits per heavy atom. The van der Waals surface area contributed by atoms with Crippen molar-refractivity contribution in [3.05, 3.63) is 23.5 Å². The Morgan fingerprint density at radius 3 is 3.24 bits per heavy atom. The lowest BCUT2D eigenvalue weighted by atomic mass is 10.2. The fraction of sp³-hybridized carbons (Fsp3) is 0.455. The first kappa shape index (κ1) is 12.4. The quantitative estimate of drug-likeness (QED) is 0.783. The van der Waals surface area contributed by atoms with Crippen LogP contribution in [0.4, 0.5) is 0 Å². The van der Waals surface area contributed by atoms with E-state index >= 15 is 0 Å². The number of carbonyl (C=O) groups is 1.